The van der Waals surface area contributed by atoms with Gasteiger partial charge in [0.25, 0.3) is 5.91 Å². The van der Waals surface area contributed by atoms with E-state index in [4.69, 9.17) is 17.4 Å². The van der Waals surface area contributed by atoms with Gasteiger partial charge in [0, 0.05) is 25.3 Å². The fourth-order valence-corrected chi connectivity index (χ4v) is 2.48. The van der Waals surface area contributed by atoms with Gasteiger partial charge in [-0.1, -0.05) is 11.6 Å². The van der Waals surface area contributed by atoms with Gasteiger partial charge in [0.15, 0.2) is 0 Å². The number of aromatic nitrogens is 1. The summed E-state index contributed by atoms with van der Waals surface area (Å²) in [4.78, 5) is 18.0. The van der Waals surface area contributed by atoms with Crippen LogP contribution in [0.3, 0.4) is 0 Å². The molecule has 1 atom stereocenters. The number of rotatable bonds is 3. The number of carbonyl (C=O) groups is 1. The fraction of sp³-hybridized carbons (Fsp3) is 0.500. The van der Waals surface area contributed by atoms with E-state index in [-0.39, 0.29) is 23.6 Å². The summed E-state index contributed by atoms with van der Waals surface area (Å²) in [5.74, 6) is 5.68. The van der Waals surface area contributed by atoms with Crippen LogP contribution in [0.15, 0.2) is 12.1 Å². The van der Waals surface area contributed by atoms with Crippen molar-refractivity contribution in [3.63, 3.8) is 0 Å². The number of nitrogens with one attached hydrogen (secondary N) is 1. The second kappa shape index (κ2) is 6.18. The summed E-state index contributed by atoms with van der Waals surface area (Å²) < 4.78 is 0. The molecule has 1 saturated heterocycles. The molecule has 1 aromatic rings. The molecule has 2 rings (SSSR count). The third kappa shape index (κ3) is 3.34. The first kappa shape index (κ1) is 14.0. The predicted octanol–water partition coefficient (Wildman–Crippen LogP) is 0.865. The molecule has 0 spiro atoms. The summed E-state index contributed by atoms with van der Waals surface area (Å²) in [6.45, 7) is 1.37. The Hall–Kier alpha value is -1.37. The maximum Gasteiger partial charge on any atom is 0.254 e. The number of nitrogens with two attached hydrogens (primary N) is 1. The molecule has 7 heteroatoms. The predicted molar refractivity (Wildman–Crippen MR) is 72.8 cm³/mol. The van der Waals surface area contributed by atoms with E-state index in [2.05, 4.69) is 10.4 Å². The Morgan fingerprint density at radius 1 is 1.63 bits per heavy atom. The number of pyridine rings is 1. The zero-order valence-electron chi connectivity index (χ0n) is 10.5. The van der Waals surface area contributed by atoms with Gasteiger partial charge >= 0.3 is 0 Å². The Labute approximate surface area is 116 Å². The molecule has 19 heavy (non-hydrogen) atoms. The first-order chi connectivity index (χ1) is 9.13. The lowest BCUT2D eigenvalue weighted by atomic mass is 9.98. The van der Waals surface area contributed by atoms with Crippen LogP contribution >= 0.6 is 11.6 Å². The van der Waals surface area contributed by atoms with Crippen molar-refractivity contribution in [3.8, 4) is 0 Å². The van der Waals surface area contributed by atoms with Gasteiger partial charge in [0.1, 0.15) is 11.0 Å². The number of piperidine rings is 1. The first-order valence-electron chi connectivity index (χ1n) is 6.18. The average molecular weight is 285 g/mol. The summed E-state index contributed by atoms with van der Waals surface area (Å²) in [6, 6.07) is 3.09. The average Bonchev–Trinajstić information content (AvgIpc) is 2.45. The highest BCUT2D eigenvalue weighted by molar-refractivity contribution is 6.29. The number of carbonyl (C=O) groups excluding carboxylic acids is 1. The van der Waals surface area contributed by atoms with Gasteiger partial charge in [-0.15, -0.1) is 0 Å². The Morgan fingerprint density at radius 2 is 2.42 bits per heavy atom. The van der Waals surface area contributed by atoms with E-state index in [0.29, 0.717) is 24.5 Å². The molecular formula is C12H17ClN4O2. The number of nitrogens with zero attached hydrogens (tertiary/aromatic N) is 2. The number of aliphatic hydroxyl groups is 1. The molecule has 1 unspecified atom stereocenters. The van der Waals surface area contributed by atoms with Crippen molar-refractivity contribution in [1.82, 2.24) is 9.88 Å². The Morgan fingerprint density at radius 3 is 3.11 bits per heavy atom. The summed E-state index contributed by atoms with van der Waals surface area (Å²) in [5.41, 5.74) is 2.83. The highest BCUT2D eigenvalue weighted by Gasteiger charge is 2.24. The first-order valence-corrected chi connectivity index (χ1v) is 6.56. The molecule has 1 amide bonds. The summed E-state index contributed by atoms with van der Waals surface area (Å²) in [5, 5.41) is 9.41. The summed E-state index contributed by atoms with van der Waals surface area (Å²) in [6.07, 6.45) is 1.85. The van der Waals surface area contributed by atoms with E-state index in [1.165, 1.54) is 6.07 Å². The number of hydrazine groups is 1. The van der Waals surface area contributed by atoms with Crippen LogP contribution in [0.4, 0.5) is 5.82 Å². The third-order valence-electron chi connectivity index (χ3n) is 3.25. The lowest BCUT2D eigenvalue weighted by molar-refractivity contribution is 0.0620. The zero-order chi connectivity index (χ0) is 13.8. The van der Waals surface area contributed by atoms with E-state index in [9.17, 15) is 9.90 Å². The van der Waals surface area contributed by atoms with Gasteiger partial charge in [-0.3, -0.25) is 4.79 Å². The van der Waals surface area contributed by atoms with Crippen molar-refractivity contribution in [1.29, 1.82) is 0 Å². The molecular weight excluding hydrogens is 268 g/mol. The molecule has 1 aliphatic heterocycles. The fourth-order valence-electron chi connectivity index (χ4n) is 2.28. The van der Waals surface area contributed by atoms with Crippen LogP contribution in [0, 0.1) is 5.92 Å². The van der Waals surface area contributed by atoms with Gasteiger partial charge in [-0.2, -0.15) is 0 Å². The molecule has 0 aliphatic carbocycles. The Bertz CT molecular complexity index is 469. The number of amides is 1. The second-order valence-corrected chi connectivity index (χ2v) is 5.04. The van der Waals surface area contributed by atoms with Crippen molar-refractivity contribution < 1.29 is 9.90 Å². The summed E-state index contributed by atoms with van der Waals surface area (Å²) in [7, 11) is 0. The van der Waals surface area contributed by atoms with E-state index in [0.717, 1.165) is 12.8 Å². The minimum atomic E-state index is -0.112. The number of aliphatic hydroxyl groups excluding tert-OH is 1. The standard InChI is InChI=1S/C12H17ClN4O2/c13-10-4-9(5-11(15-10)16-14)12(19)17-3-1-2-8(6-17)7-18/h4-5,8,18H,1-3,6-7,14H2,(H,15,16). The SMILES string of the molecule is NNc1cc(C(=O)N2CCCC(CO)C2)cc(Cl)n1. The summed E-state index contributed by atoms with van der Waals surface area (Å²) >= 11 is 5.85. The topological polar surface area (TPSA) is 91.5 Å². The molecule has 4 N–H and O–H groups in total. The van der Waals surface area contributed by atoms with Crippen LogP contribution < -0.4 is 11.3 Å². The van der Waals surface area contributed by atoms with Gasteiger partial charge in [-0.25, -0.2) is 10.8 Å². The van der Waals surface area contributed by atoms with Gasteiger partial charge in [-0.05, 0) is 30.9 Å². The molecule has 1 aromatic heterocycles. The van der Waals surface area contributed by atoms with Crippen molar-refractivity contribution in [2.45, 2.75) is 12.8 Å². The number of hydrogen-bond acceptors (Lipinski definition) is 5. The van der Waals surface area contributed by atoms with Crippen LogP contribution in [0.25, 0.3) is 0 Å². The monoisotopic (exact) mass is 284 g/mol. The van der Waals surface area contributed by atoms with E-state index >= 15 is 0 Å². The van der Waals surface area contributed by atoms with Crippen molar-refractivity contribution in [3.05, 3.63) is 22.8 Å². The van der Waals surface area contributed by atoms with Crippen LogP contribution in [-0.2, 0) is 0 Å². The molecule has 1 aliphatic rings. The maximum absolute atomic E-state index is 12.4. The Kier molecular flexibility index (Phi) is 4.57. The molecule has 6 nitrogen and oxygen atoms in total. The molecule has 0 radical (unpaired) electrons. The van der Waals surface area contributed by atoms with Crippen molar-refractivity contribution in [2.75, 3.05) is 25.1 Å². The molecule has 0 saturated carbocycles. The minimum Gasteiger partial charge on any atom is -0.396 e. The van der Waals surface area contributed by atoms with Gasteiger partial charge in [0.05, 0.1) is 0 Å². The highest BCUT2D eigenvalue weighted by Crippen LogP contribution is 2.20. The minimum absolute atomic E-state index is 0.108. The zero-order valence-corrected chi connectivity index (χ0v) is 11.2. The normalized spacial score (nSPS) is 19.3. The molecule has 2 heterocycles. The quantitative estimate of drug-likeness (QED) is 0.435. The third-order valence-corrected chi connectivity index (χ3v) is 3.45. The van der Waals surface area contributed by atoms with E-state index in [1.807, 2.05) is 0 Å². The molecule has 0 bridgehead atoms. The number of hydrogen-bond donors (Lipinski definition) is 3. The van der Waals surface area contributed by atoms with Crippen molar-refractivity contribution >= 4 is 23.3 Å². The van der Waals surface area contributed by atoms with E-state index < -0.39 is 0 Å². The molecule has 0 aromatic carbocycles. The number of halogens is 1. The maximum atomic E-state index is 12.4. The van der Waals surface area contributed by atoms with Gasteiger partial charge < -0.3 is 15.4 Å². The van der Waals surface area contributed by atoms with E-state index in [1.54, 1.807) is 11.0 Å². The second-order valence-electron chi connectivity index (χ2n) is 4.65. The lowest BCUT2D eigenvalue weighted by Crippen LogP contribution is -2.41. The molecule has 1 fully saturated rings. The highest BCUT2D eigenvalue weighted by atomic mass is 35.5. The number of anilines is 1. The van der Waals surface area contributed by atoms with Crippen LogP contribution in [0.2, 0.25) is 5.15 Å². The smallest absolute Gasteiger partial charge is 0.254 e. The van der Waals surface area contributed by atoms with Crippen molar-refractivity contribution in [2.24, 2.45) is 11.8 Å². The largest absolute Gasteiger partial charge is 0.396 e. The van der Waals surface area contributed by atoms with Gasteiger partial charge in [0.2, 0.25) is 0 Å². The Balaban J connectivity index is 2.16. The molecule has 104 valence electrons. The lowest BCUT2D eigenvalue weighted by Gasteiger charge is -2.32. The van der Waals surface area contributed by atoms with Crippen LogP contribution in [0.5, 0.6) is 0 Å². The number of likely N-dealkylation sites (tertiary alicyclic amines) is 1. The van der Waals surface area contributed by atoms with Crippen LogP contribution in [-0.4, -0.2) is 40.6 Å². The number of nitrogen functional groups attached to an aromatic ring is 1. The van der Waals surface area contributed by atoms with Crippen LogP contribution in [0.1, 0.15) is 23.2 Å².